The summed E-state index contributed by atoms with van der Waals surface area (Å²) in [4.78, 5) is 28.4. The van der Waals surface area contributed by atoms with Crippen LogP contribution in [0.2, 0.25) is 15.1 Å². The maximum Gasteiger partial charge on any atom is 0.243 e. The third kappa shape index (κ3) is 7.71. The number of hydrogen-bond donors (Lipinski definition) is 1. The average molecular weight is 597 g/mol. The third-order valence-electron chi connectivity index (χ3n) is 5.84. The number of benzene rings is 3. The van der Waals surface area contributed by atoms with Crippen LogP contribution in [0.15, 0.2) is 77.7 Å². The first-order chi connectivity index (χ1) is 18.0. The molecule has 3 aromatic rings. The van der Waals surface area contributed by atoms with Gasteiger partial charge in [0.25, 0.3) is 0 Å². The lowest BCUT2D eigenvalue weighted by Crippen LogP contribution is -2.53. The van der Waals surface area contributed by atoms with E-state index in [1.165, 1.54) is 36.2 Å². The smallest absolute Gasteiger partial charge is 0.243 e. The summed E-state index contributed by atoms with van der Waals surface area (Å²) in [6.45, 7) is 1.68. The molecule has 0 aliphatic rings. The van der Waals surface area contributed by atoms with Crippen LogP contribution in [-0.2, 0) is 32.6 Å². The molecule has 1 unspecified atom stereocenters. The Balaban J connectivity index is 1.97. The maximum atomic E-state index is 13.7. The molecule has 3 aromatic carbocycles. The van der Waals surface area contributed by atoms with Gasteiger partial charge in [0.05, 0.1) is 21.5 Å². The molecule has 0 saturated carbocycles. The molecule has 202 valence electrons. The van der Waals surface area contributed by atoms with Crippen molar-refractivity contribution < 1.29 is 18.0 Å². The summed E-state index contributed by atoms with van der Waals surface area (Å²) < 4.78 is 27.2. The van der Waals surface area contributed by atoms with Gasteiger partial charge in [0, 0.05) is 31.6 Å². The van der Waals surface area contributed by atoms with Crippen molar-refractivity contribution in [3.8, 4) is 0 Å². The van der Waals surface area contributed by atoms with Crippen LogP contribution in [0, 0.1) is 0 Å². The van der Waals surface area contributed by atoms with Crippen molar-refractivity contribution in [3.05, 3.63) is 99.0 Å². The van der Waals surface area contributed by atoms with Gasteiger partial charge in [0.2, 0.25) is 21.8 Å². The number of hydrogen-bond acceptors (Lipinski definition) is 4. The highest BCUT2D eigenvalue weighted by Crippen LogP contribution is 2.25. The highest BCUT2D eigenvalue weighted by atomic mass is 35.5. The van der Waals surface area contributed by atoms with Crippen molar-refractivity contribution in [3.63, 3.8) is 0 Å². The Hall–Kier alpha value is -2.62. The molecule has 1 atom stereocenters. The van der Waals surface area contributed by atoms with Gasteiger partial charge in [-0.25, -0.2) is 8.42 Å². The highest BCUT2D eigenvalue weighted by Gasteiger charge is 2.33. The van der Waals surface area contributed by atoms with Crippen LogP contribution in [0.3, 0.4) is 0 Å². The maximum absolute atomic E-state index is 13.7. The SMILES string of the molecule is CCNC(=O)C(Cc1ccccc1)N(Cc1ccc(Cl)c(Cl)c1)C(=O)CN(C)S(=O)(=O)c1ccc(Cl)cc1. The third-order valence-corrected chi connectivity index (χ3v) is 8.65. The standard InChI is InChI=1S/C27H28Cl3N3O4S/c1-3-31-27(35)25(16-19-7-5-4-6-8-19)33(17-20-9-14-23(29)24(30)15-20)26(34)18-32(2)38(36,37)22-12-10-21(28)11-13-22/h4-15,25H,3,16-18H2,1-2H3,(H,31,35). The summed E-state index contributed by atoms with van der Waals surface area (Å²) in [5.41, 5.74) is 1.48. The second kappa shape index (κ2) is 13.4. The van der Waals surface area contributed by atoms with Crippen LogP contribution >= 0.6 is 34.8 Å². The molecule has 11 heteroatoms. The minimum atomic E-state index is -4.00. The van der Waals surface area contributed by atoms with Crippen LogP contribution in [0.5, 0.6) is 0 Å². The van der Waals surface area contributed by atoms with Crippen LogP contribution < -0.4 is 5.32 Å². The Morgan fingerprint density at radius 2 is 1.55 bits per heavy atom. The van der Waals surface area contributed by atoms with Gasteiger partial charge < -0.3 is 10.2 Å². The summed E-state index contributed by atoms with van der Waals surface area (Å²) in [7, 11) is -2.68. The zero-order valence-corrected chi connectivity index (χ0v) is 24.0. The fraction of sp³-hybridized carbons (Fsp3) is 0.259. The van der Waals surface area contributed by atoms with Crippen LogP contribution in [0.4, 0.5) is 0 Å². The molecule has 0 heterocycles. The lowest BCUT2D eigenvalue weighted by atomic mass is 10.0. The van der Waals surface area contributed by atoms with E-state index < -0.39 is 28.5 Å². The molecule has 2 amide bonds. The molecule has 1 N–H and O–H groups in total. The fourth-order valence-corrected chi connectivity index (χ4v) is 5.40. The number of rotatable bonds is 11. The van der Waals surface area contributed by atoms with E-state index in [0.29, 0.717) is 27.2 Å². The van der Waals surface area contributed by atoms with Crippen LogP contribution in [-0.4, -0.2) is 55.6 Å². The summed E-state index contributed by atoms with van der Waals surface area (Å²) in [5, 5.41) is 3.84. The Morgan fingerprint density at radius 3 is 2.16 bits per heavy atom. The number of amides is 2. The van der Waals surface area contributed by atoms with E-state index >= 15 is 0 Å². The second-order valence-corrected chi connectivity index (χ2v) is 11.9. The van der Waals surface area contributed by atoms with Gasteiger partial charge in [-0.3, -0.25) is 9.59 Å². The molecule has 0 fully saturated rings. The van der Waals surface area contributed by atoms with E-state index in [0.717, 1.165) is 9.87 Å². The quantitative estimate of drug-likeness (QED) is 0.336. The van der Waals surface area contributed by atoms with E-state index in [-0.39, 0.29) is 23.8 Å². The molecule has 0 aromatic heterocycles. The van der Waals surface area contributed by atoms with Crippen molar-refractivity contribution in [2.24, 2.45) is 0 Å². The van der Waals surface area contributed by atoms with Gasteiger partial charge >= 0.3 is 0 Å². The number of halogens is 3. The minimum Gasteiger partial charge on any atom is -0.355 e. The summed E-state index contributed by atoms with van der Waals surface area (Å²) in [6.07, 6.45) is 0.230. The van der Waals surface area contributed by atoms with E-state index in [4.69, 9.17) is 34.8 Å². The van der Waals surface area contributed by atoms with Crippen molar-refractivity contribution >= 4 is 56.6 Å². The van der Waals surface area contributed by atoms with Crippen molar-refractivity contribution in [2.75, 3.05) is 20.1 Å². The number of likely N-dealkylation sites (N-methyl/N-ethyl adjacent to an activating group) is 2. The van der Waals surface area contributed by atoms with Gasteiger partial charge in [-0.1, -0.05) is 71.2 Å². The van der Waals surface area contributed by atoms with Crippen molar-refractivity contribution in [1.29, 1.82) is 0 Å². The van der Waals surface area contributed by atoms with Gasteiger partial charge in [-0.15, -0.1) is 0 Å². The van der Waals surface area contributed by atoms with Gasteiger partial charge in [0.15, 0.2) is 0 Å². The molecule has 0 saturated heterocycles. The molecule has 0 radical (unpaired) electrons. The minimum absolute atomic E-state index is 0.00204. The molecular formula is C27H28Cl3N3O4S. The van der Waals surface area contributed by atoms with Crippen LogP contribution in [0.25, 0.3) is 0 Å². The molecule has 7 nitrogen and oxygen atoms in total. The first kappa shape index (κ1) is 29.9. The zero-order chi connectivity index (χ0) is 27.9. The van der Waals surface area contributed by atoms with E-state index in [9.17, 15) is 18.0 Å². The lowest BCUT2D eigenvalue weighted by molar-refractivity contribution is -0.141. The van der Waals surface area contributed by atoms with Crippen LogP contribution in [0.1, 0.15) is 18.1 Å². The Labute approximate surface area is 238 Å². The monoisotopic (exact) mass is 595 g/mol. The number of carbonyl (C=O) groups is 2. The molecule has 3 rings (SSSR count). The molecule has 38 heavy (non-hydrogen) atoms. The average Bonchev–Trinajstić information content (AvgIpc) is 2.89. The summed E-state index contributed by atoms with van der Waals surface area (Å²) in [5.74, 6) is -0.906. The van der Waals surface area contributed by atoms with Crippen molar-refractivity contribution in [1.82, 2.24) is 14.5 Å². The number of nitrogens with one attached hydrogen (secondary N) is 1. The predicted molar refractivity (Wildman–Crippen MR) is 151 cm³/mol. The Morgan fingerprint density at radius 1 is 0.895 bits per heavy atom. The molecule has 0 bridgehead atoms. The van der Waals surface area contributed by atoms with Gasteiger partial charge in [-0.05, 0) is 54.4 Å². The molecule has 0 aliphatic carbocycles. The topological polar surface area (TPSA) is 86.8 Å². The summed E-state index contributed by atoms with van der Waals surface area (Å²) >= 11 is 18.2. The van der Waals surface area contributed by atoms with E-state index in [1.807, 2.05) is 30.3 Å². The lowest BCUT2D eigenvalue weighted by Gasteiger charge is -2.32. The van der Waals surface area contributed by atoms with E-state index in [2.05, 4.69) is 5.32 Å². The number of nitrogens with zero attached hydrogens (tertiary/aromatic N) is 2. The first-order valence-corrected chi connectivity index (χ1v) is 14.4. The second-order valence-electron chi connectivity index (χ2n) is 8.59. The Bertz CT molecular complexity index is 1370. The molecule has 0 aliphatic heterocycles. The summed E-state index contributed by atoms with van der Waals surface area (Å²) in [6, 6.07) is 19.0. The molecule has 0 spiro atoms. The largest absolute Gasteiger partial charge is 0.355 e. The fourth-order valence-electron chi connectivity index (χ4n) is 3.83. The van der Waals surface area contributed by atoms with E-state index in [1.54, 1.807) is 25.1 Å². The predicted octanol–water partition coefficient (Wildman–Crippen LogP) is 5.04. The highest BCUT2D eigenvalue weighted by molar-refractivity contribution is 7.89. The van der Waals surface area contributed by atoms with Gasteiger partial charge in [-0.2, -0.15) is 4.31 Å². The zero-order valence-electron chi connectivity index (χ0n) is 20.9. The first-order valence-electron chi connectivity index (χ1n) is 11.8. The number of carbonyl (C=O) groups excluding carboxylic acids is 2. The molecular weight excluding hydrogens is 569 g/mol. The number of sulfonamides is 1. The van der Waals surface area contributed by atoms with Gasteiger partial charge in [0.1, 0.15) is 6.04 Å². The van der Waals surface area contributed by atoms with Crippen molar-refractivity contribution in [2.45, 2.75) is 30.8 Å². The Kier molecular flexibility index (Phi) is 10.6. The normalized spacial score (nSPS) is 12.3.